The number of aryl methyl sites for hydroxylation is 1. The smallest absolute Gasteiger partial charge is 0.226 e. The van der Waals surface area contributed by atoms with Crippen LogP contribution in [0.1, 0.15) is 44.7 Å². The summed E-state index contributed by atoms with van der Waals surface area (Å²) in [7, 11) is 1.86. The van der Waals surface area contributed by atoms with Crippen molar-refractivity contribution < 1.29 is 4.79 Å². The highest BCUT2D eigenvalue weighted by Crippen LogP contribution is 2.10. The molecule has 0 saturated heterocycles. The predicted octanol–water partition coefficient (Wildman–Crippen LogP) is 3.44. The molecule has 1 rings (SSSR count). The van der Waals surface area contributed by atoms with E-state index in [0.717, 1.165) is 12.0 Å². The van der Waals surface area contributed by atoms with Crippen LogP contribution in [0.25, 0.3) is 0 Å². The van der Waals surface area contributed by atoms with Gasteiger partial charge in [0.15, 0.2) is 0 Å². The summed E-state index contributed by atoms with van der Waals surface area (Å²) in [6, 6.07) is 8.72. The van der Waals surface area contributed by atoms with Gasteiger partial charge in [0.2, 0.25) is 5.91 Å². The Hall–Kier alpha value is -1.31. The van der Waals surface area contributed by atoms with Crippen molar-refractivity contribution >= 4 is 5.91 Å². The van der Waals surface area contributed by atoms with Crippen molar-refractivity contribution in [1.29, 1.82) is 0 Å². The van der Waals surface area contributed by atoms with E-state index in [9.17, 15) is 4.79 Å². The van der Waals surface area contributed by atoms with E-state index in [2.05, 4.69) is 31.2 Å². The molecular weight excluding hydrogens is 222 g/mol. The zero-order valence-electron chi connectivity index (χ0n) is 12.1. The Balaban J connectivity index is 2.55. The second kappa shape index (κ2) is 7.20. The van der Waals surface area contributed by atoms with Crippen LogP contribution in [0.5, 0.6) is 0 Å². The van der Waals surface area contributed by atoms with Crippen molar-refractivity contribution in [1.82, 2.24) is 4.90 Å². The lowest BCUT2D eigenvalue weighted by Crippen LogP contribution is -2.34. The number of rotatable bonds is 6. The number of likely N-dealkylation sites (N-methyl/N-ethyl adjacent to an activating group) is 1. The predicted molar refractivity (Wildman–Crippen MR) is 76.7 cm³/mol. The van der Waals surface area contributed by atoms with Crippen LogP contribution in [-0.4, -0.2) is 23.9 Å². The summed E-state index contributed by atoms with van der Waals surface area (Å²) in [4.78, 5) is 13.7. The Morgan fingerprint density at radius 1 is 1.17 bits per heavy atom. The van der Waals surface area contributed by atoms with Gasteiger partial charge in [0, 0.05) is 13.1 Å². The second-order valence-corrected chi connectivity index (χ2v) is 5.20. The van der Waals surface area contributed by atoms with E-state index in [1.165, 1.54) is 18.4 Å². The van der Waals surface area contributed by atoms with E-state index < -0.39 is 0 Å². The molecule has 0 heterocycles. The Morgan fingerprint density at radius 3 is 2.22 bits per heavy atom. The molecule has 0 atom stereocenters. The highest BCUT2D eigenvalue weighted by Gasteiger charge is 2.12. The Kier molecular flexibility index (Phi) is 5.90. The topological polar surface area (TPSA) is 20.3 Å². The fraction of sp³-hybridized carbons (Fsp3) is 0.562. The van der Waals surface area contributed by atoms with Crippen LogP contribution in [0.2, 0.25) is 0 Å². The average Bonchev–Trinajstić information content (AvgIpc) is 2.36. The molecule has 0 unspecified atom stereocenters. The maximum Gasteiger partial charge on any atom is 0.226 e. The Bertz CT molecular complexity index is 367. The second-order valence-electron chi connectivity index (χ2n) is 5.20. The van der Waals surface area contributed by atoms with Gasteiger partial charge >= 0.3 is 0 Å². The largest absolute Gasteiger partial charge is 0.343 e. The molecule has 0 spiro atoms. The summed E-state index contributed by atoms with van der Waals surface area (Å²) in [5, 5.41) is 0. The molecule has 0 bridgehead atoms. The lowest BCUT2D eigenvalue weighted by Gasteiger charge is -2.21. The Morgan fingerprint density at radius 2 is 1.72 bits per heavy atom. The number of carbonyl (C=O) groups excluding carboxylic acids is 1. The number of hydrogen-bond donors (Lipinski definition) is 0. The van der Waals surface area contributed by atoms with E-state index in [-0.39, 0.29) is 11.9 Å². The molecule has 0 N–H and O–H groups in total. The number of unbranched alkanes of at least 4 members (excludes halogenated alkanes) is 1. The van der Waals surface area contributed by atoms with E-state index in [0.29, 0.717) is 6.42 Å². The molecule has 2 nitrogen and oxygen atoms in total. The van der Waals surface area contributed by atoms with Crippen molar-refractivity contribution in [3.05, 3.63) is 35.4 Å². The molecule has 0 saturated carbocycles. The number of carbonyl (C=O) groups is 1. The zero-order chi connectivity index (χ0) is 13.5. The van der Waals surface area contributed by atoms with E-state index >= 15 is 0 Å². The first kappa shape index (κ1) is 14.7. The summed E-state index contributed by atoms with van der Waals surface area (Å²) >= 11 is 0. The minimum Gasteiger partial charge on any atom is -0.343 e. The van der Waals surface area contributed by atoms with Crippen LogP contribution in [-0.2, 0) is 17.6 Å². The summed E-state index contributed by atoms with van der Waals surface area (Å²) < 4.78 is 0. The van der Waals surface area contributed by atoms with Crippen LogP contribution in [0, 0.1) is 0 Å². The van der Waals surface area contributed by atoms with Crippen LogP contribution < -0.4 is 0 Å². The van der Waals surface area contributed by atoms with Crippen LogP contribution in [0.15, 0.2) is 24.3 Å². The van der Waals surface area contributed by atoms with Gasteiger partial charge in [-0.1, -0.05) is 37.6 Å². The van der Waals surface area contributed by atoms with Crippen molar-refractivity contribution in [2.75, 3.05) is 7.05 Å². The summed E-state index contributed by atoms with van der Waals surface area (Å²) in [6.45, 7) is 6.27. The molecule has 0 aliphatic carbocycles. The first-order valence-corrected chi connectivity index (χ1v) is 6.88. The van der Waals surface area contributed by atoms with Gasteiger partial charge in [-0.25, -0.2) is 0 Å². The summed E-state index contributed by atoms with van der Waals surface area (Å²) in [5.74, 6) is 0.186. The third-order valence-electron chi connectivity index (χ3n) is 3.37. The number of amides is 1. The molecule has 1 aromatic rings. The van der Waals surface area contributed by atoms with Crippen molar-refractivity contribution in [2.45, 2.75) is 52.5 Å². The minimum absolute atomic E-state index is 0.186. The highest BCUT2D eigenvalue weighted by molar-refractivity contribution is 5.78. The quantitative estimate of drug-likeness (QED) is 0.754. The van der Waals surface area contributed by atoms with E-state index in [4.69, 9.17) is 0 Å². The maximum atomic E-state index is 11.9. The third-order valence-corrected chi connectivity index (χ3v) is 3.37. The average molecular weight is 247 g/mol. The molecule has 0 fully saturated rings. The third kappa shape index (κ3) is 4.52. The number of nitrogens with zero attached hydrogens (tertiary/aromatic N) is 1. The number of hydrogen-bond acceptors (Lipinski definition) is 1. The standard InChI is InChI=1S/C16H25NO/c1-5-6-7-14-8-10-15(11-9-14)12-16(18)17(4)13(2)3/h8-11,13H,5-7,12H2,1-4H3. The van der Waals surface area contributed by atoms with Gasteiger partial charge in [-0.3, -0.25) is 4.79 Å². The fourth-order valence-corrected chi connectivity index (χ4v) is 1.79. The van der Waals surface area contributed by atoms with Crippen molar-refractivity contribution in [3.63, 3.8) is 0 Å². The van der Waals surface area contributed by atoms with Gasteiger partial charge in [0.25, 0.3) is 0 Å². The zero-order valence-corrected chi connectivity index (χ0v) is 12.1. The van der Waals surface area contributed by atoms with Gasteiger partial charge in [-0.15, -0.1) is 0 Å². The molecule has 100 valence electrons. The molecule has 0 radical (unpaired) electrons. The molecule has 1 amide bonds. The molecule has 18 heavy (non-hydrogen) atoms. The van der Waals surface area contributed by atoms with Gasteiger partial charge in [0.05, 0.1) is 6.42 Å². The molecule has 1 aromatic carbocycles. The highest BCUT2D eigenvalue weighted by atomic mass is 16.2. The molecule has 0 aromatic heterocycles. The van der Waals surface area contributed by atoms with Crippen LogP contribution >= 0.6 is 0 Å². The summed E-state index contributed by atoms with van der Waals surface area (Å²) in [6.07, 6.45) is 4.09. The fourth-order valence-electron chi connectivity index (χ4n) is 1.79. The van der Waals surface area contributed by atoms with Crippen molar-refractivity contribution in [2.24, 2.45) is 0 Å². The summed E-state index contributed by atoms with van der Waals surface area (Å²) in [5.41, 5.74) is 2.47. The molecule has 0 aliphatic rings. The number of benzene rings is 1. The van der Waals surface area contributed by atoms with E-state index in [1.807, 2.05) is 20.9 Å². The maximum absolute atomic E-state index is 11.9. The normalized spacial score (nSPS) is 10.7. The van der Waals surface area contributed by atoms with E-state index in [1.54, 1.807) is 4.90 Å². The SMILES string of the molecule is CCCCc1ccc(CC(=O)N(C)C(C)C)cc1. The molecular formula is C16H25NO. The Labute approximate surface area is 111 Å². The van der Waals surface area contributed by atoms with Crippen LogP contribution in [0.3, 0.4) is 0 Å². The molecule has 2 heteroatoms. The first-order chi connectivity index (χ1) is 8.54. The van der Waals surface area contributed by atoms with Gasteiger partial charge in [-0.05, 0) is 37.8 Å². The van der Waals surface area contributed by atoms with Crippen LogP contribution in [0.4, 0.5) is 0 Å². The first-order valence-electron chi connectivity index (χ1n) is 6.88. The van der Waals surface area contributed by atoms with Crippen molar-refractivity contribution in [3.8, 4) is 0 Å². The lowest BCUT2D eigenvalue weighted by molar-refractivity contribution is -0.130. The van der Waals surface area contributed by atoms with Gasteiger partial charge in [0.1, 0.15) is 0 Å². The minimum atomic E-state index is 0.186. The molecule has 0 aliphatic heterocycles. The monoisotopic (exact) mass is 247 g/mol. The van der Waals surface area contributed by atoms with Gasteiger partial charge in [-0.2, -0.15) is 0 Å². The lowest BCUT2D eigenvalue weighted by atomic mass is 10.0. The van der Waals surface area contributed by atoms with Gasteiger partial charge < -0.3 is 4.90 Å².